The molecule has 0 atom stereocenters. The first kappa shape index (κ1) is 15.4. The van der Waals surface area contributed by atoms with Gasteiger partial charge in [0.15, 0.2) is 0 Å². The molecule has 21 heavy (non-hydrogen) atoms. The molecule has 3 heteroatoms. The van der Waals surface area contributed by atoms with Gasteiger partial charge in [-0.15, -0.1) is 0 Å². The number of aryl methyl sites for hydroxylation is 1. The molecule has 112 valence electrons. The van der Waals surface area contributed by atoms with E-state index in [2.05, 4.69) is 31.3 Å². The van der Waals surface area contributed by atoms with Crippen LogP contribution in [0.15, 0.2) is 42.5 Å². The van der Waals surface area contributed by atoms with Gasteiger partial charge in [-0.2, -0.15) is 0 Å². The van der Waals surface area contributed by atoms with Crippen molar-refractivity contribution in [1.82, 2.24) is 5.32 Å². The lowest BCUT2D eigenvalue weighted by molar-refractivity contribution is 0.412. The van der Waals surface area contributed by atoms with Crippen LogP contribution in [-0.4, -0.2) is 13.7 Å². The molecular formula is C18H23NO2. The Balaban J connectivity index is 2.13. The van der Waals surface area contributed by atoms with Crippen molar-refractivity contribution in [3.63, 3.8) is 0 Å². The third-order valence-electron chi connectivity index (χ3n) is 3.25. The average Bonchev–Trinajstić information content (AvgIpc) is 2.51. The Labute approximate surface area is 126 Å². The molecule has 0 bridgehead atoms. The summed E-state index contributed by atoms with van der Waals surface area (Å²) in [6.45, 7) is 6.09. The molecule has 0 aliphatic carbocycles. The van der Waals surface area contributed by atoms with Crippen molar-refractivity contribution in [2.45, 2.75) is 26.8 Å². The van der Waals surface area contributed by atoms with E-state index in [0.29, 0.717) is 0 Å². The van der Waals surface area contributed by atoms with Crippen molar-refractivity contribution in [3.8, 4) is 17.2 Å². The van der Waals surface area contributed by atoms with Crippen LogP contribution in [0.3, 0.4) is 0 Å². The van der Waals surface area contributed by atoms with Crippen molar-refractivity contribution in [2.75, 3.05) is 13.7 Å². The molecule has 0 unspecified atom stereocenters. The summed E-state index contributed by atoms with van der Waals surface area (Å²) in [4.78, 5) is 0. The molecule has 0 saturated heterocycles. The fraction of sp³-hybridized carbons (Fsp3) is 0.333. The van der Waals surface area contributed by atoms with E-state index >= 15 is 0 Å². The van der Waals surface area contributed by atoms with Crippen LogP contribution in [0.4, 0.5) is 0 Å². The second kappa shape index (κ2) is 7.70. The fourth-order valence-corrected chi connectivity index (χ4v) is 2.12. The minimum atomic E-state index is 0.816. The van der Waals surface area contributed by atoms with E-state index in [1.165, 1.54) is 11.1 Å². The predicted molar refractivity (Wildman–Crippen MR) is 86.2 cm³/mol. The predicted octanol–water partition coefficient (Wildman–Crippen LogP) is 4.30. The van der Waals surface area contributed by atoms with E-state index in [0.717, 1.165) is 36.8 Å². The molecule has 1 N–H and O–H groups in total. The summed E-state index contributed by atoms with van der Waals surface area (Å²) in [5.74, 6) is 2.54. The summed E-state index contributed by atoms with van der Waals surface area (Å²) in [6, 6.07) is 13.9. The SMILES string of the molecule is CCCNCc1cc(C)ccc1Oc1ccc(OC)cc1. The van der Waals surface area contributed by atoms with Crippen molar-refractivity contribution in [2.24, 2.45) is 0 Å². The molecule has 2 aromatic rings. The molecule has 0 radical (unpaired) electrons. The van der Waals surface area contributed by atoms with Gasteiger partial charge in [0.2, 0.25) is 0 Å². The van der Waals surface area contributed by atoms with Gasteiger partial charge in [-0.1, -0.05) is 24.6 Å². The molecule has 0 fully saturated rings. The minimum Gasteiger partial charge on any atom is -0.497 e. The van der Waals surface area contributed by atoms with Gasteiger partial charge in [-0.05, 0) is 50.2 Å². The smallest absolute Gasteiger partial charge is 0.131 e. The van der Waals surface area contributed by atoms with Crippen LogP contribution < -0.4 is 14.8 Å². The van der Waals surface area contributed by atoms with Crippen molar-refractivity contribution < 1.29 is 9.47 Å². The maximum Gasteiger partial charge on any atom is 0.131 e. The van der Waals surface area contributed by atoms with Gasteiger partial charge < -0.3 is 14.8 Å². The van der Waals surface area contributed by atoms with Crippen molar-refractivity contribution in [3.05, 3.63) is 53.6 Å². The molecule has 0 aliphatic rings. The summed E-state index contributed by atoms with van der Waals surface area (Å²) >= 11 is 0. The molecule has 2 rings (SSSR count). The van der Waals surface area contributed by atoms with Crippen LogP contribution in [0.1, 0.15) is 24.5 Å². The standard InChI is InChI=1S/C18H23NO2/c1-4-11-19-13-15-12-14(2)5-10-18(15)21-17-8-6-16(20-3)7-9-17/h5-10,12,19H,4,11,13H2,1-3H3. The number of methoxy groups -OCH3 is 1. The van der Waals surface area contributed by atoms with Gasteiger partial charge in [0.05, 0.1) is 7.11 Å². The zero-order chi connectivity index (χ0) is 15.1. The highest BCUT2D eigenvalue weighted by atomic mass is 16.5. The molecule has 0 aromatic heterocycles. The lowest BCUT2D eigenvalue weighted by Crippen LogP contribution is -2.14. The fourth-order valence-electron chi connectivity index (χ4n) is 2.12. The first-order chi connectivity index (χ1) is 10.2. The Morgan fingerprint density at radius 3 is 2.38 bits per heavy atom. The molecule has 0 saturated carbocycles. The lowest BCUT2D eigenvalue weighted by atomic mass is 10.1. The van der Waals surface area contributed by atoms with E-state index in [9.17, 15) is 0 Å². The summed E-state index contributed by atoms with van der Waals surface area (Å²) in [5.41, 5.74) is 2.42. The normalized spacial score (nSPS) is 10.4. The lowest BCUT2D eigenvalue weighted by Gasteiger charge is -2.13. The number of hydrogen-bond donors (Lipinski definition) is 1. The Morgan fingerprint density at radius 2 is 1.71 bits per heavy atom. The second-order valence-electron chi connectivity index (χ2n) is 5.07. The van der Waals surface area contributed by atoms with E-state index in [4.69, 9.17) is 9.47 Å². The number of rotatable bonds is 7. The Hall–Kier alpha value is -2.00. The number of nitrogens with one attached hydrogen (secondary N) is 1. The largest absolute Gasteiger partial charge is 0.497 e. The van der Waals surface area contributed by atoms with Crippen LogP contribution in [0.25, 0.3) is 0 Å². The quantitative estimate of drug-likeness (QED) is 0.770. The molecule has 0 amide bonds. The van der Waals surface area contributed by atoms with Crippen LogP contribution in [0.2, 0.25) is 0 Å². The summed E-state index contributed by atoms with van der Waals surface area (Å²) in [7, 11) is 1.66. The van der Waals surface area contributed by atoms with E-state index in [-0.39, 0.29) is 0 Å². The van der Waals surface area contributed by atoms with Gasteiger partial charge in [0.25, 0.3) is 0 Å². The first-order valence-electron chi connectivity index (χ1n) is 7.35. The van der Waals surface area contributed by atoms with Crippen LogP contribution in [0.5, 0.6) is 17.2 Å². The van der Waals surface area contributed by atoms with Crippen molar-refractivity contribution >= 4 is 0 Å². The summed E-state index contributed by atoms with van der Waals surface area (Å²) in [6.07, 6.45) is 1.13. The topological polar surface area (TPSA) is 30.5 Å². The summed E-state index contributed by atoms with van der Waals surface area (Å²) in [5, 5.41) is 3.42. The Morgan fingerprint density at radius 1 is 1.00 bits per heavy atom. The van der Waals surface area contributed by atoms with Crippen LogP contribution in [-0.2, 0) is 6.54 Å². The monoisotopic (exact) mass is 285 g/mol. The van der Waals surface area contributed by atoms with Crippen LogP contribution >= 0.6 is 0 Å². The zero-order valence-corrected chi connectivity index (χ0v) is 13.0. The number of hydrogen-bond acceptors (Lipinski definition) is 3. The average molecular weight is 285 g/mol. The third kappa shape index (κ3) is 4.50. The van der Waals surface area contributed by atoms with E-state index in [1.807, 2.05) is 30.3 Å². The zero-order valence-electron chi connectivity index (χ0n) is 13.0. The Kier molecular flexibility index (Phi) is 5.64. The highest BCUT2D eigenvalue weighted by Gasteiger charge is 2.05. The highest BCUT2D eigenvalue weighted by Crippen LogP contribution is 2.27. The minimum absolute atomic E-state index is 0.816. The van der Waals surface area contributed by atoms with E-state index < -0.39 is 0 Å². The van der Waals surface area contributed by atoms with Crippen LogP contribution in [0, 0.1) is 6.92 Å². The Bertz CT molecular complexity index is 564. The van der Waals surface area contributed by atoms with Gasteiger partial charge in [0, 0.05) is 12.1 Å². The maximum atomic E-state index is 6.00. The third-order valence-corrected chi connectivity index (χ3v) is 3.25. The van der Waals surface area contributed by atoms with Gasteiger partial charge in [0.1, 0.15) is 17.2 Å². The number of ether oxygens (including phenoxy) is 2. The molecule has 0 spiro atoms. The molecule has 2 aromatic carbocycles. The molecule has 0 heterocycles. The molecule has 0 aliphatic heterocycles. The van der Waals surface area contributed by atoms with E-state index in [1.54, 1.807) is 7.11 Å². The maximum absolute atomic E-state index is 6.00. The van der Waals surface area contributed by atoms with Gasteiger partial charge in [-0.3, -0.25) is 0 Å². The first-order valence-corrected chi connectivity index (χ1v) is 7.35. The molecule has 3 nitrogen and oxygen atoms in total. The highest BCUT2D eigenvalue weighted by molar-refractivity contribution is 5.41. The molecular weight excluding hydrogens is 262 g/mol. The van der Waals surface area contributed by atoms with Gasteiger partial charge in [-0.25, -0.2) is 0 Å². The van der Waals surface area contributed by atoms with Crippen molar-refractivity contribution in [1.29, 1.82) is 0 Å². The second-order valence-corrected chi connectivity index (χ2v) is 5.07. The van der Waals surface area contributed by atoms with Gasteiger partial charge >= 0.3 is 0 Å². The number of benzene rings is 2. The summed E-state index contributed by atoms with van der Waals surface area (Å²) < 4.78 is 11.2.